The molecule has 2 unspecified atom stereocenters. The van der Waals surface area contributed by atoms with E-state index in [4.69, 9.17) is 14.7 Å². The van der Waals surface area contributed by atoms with Crippen molar-refractivity contribution < 1.29 is 9.47 Å². The first-order valence-electron chi connectivity index (χ1n) is 6.52. The second-order valence-electron chi connectivity index (χ2n) is 4.73. The van der Waals surface area contributed by atoms with Gasteiger partial charge in [-0.1, -0.05) is 6.07 Å². The van der Waals surface area contributed by atoms with E-state index >= 15 is 0 Å². The van der Waals surface area contributed by atoms with Gasteiger partial charge in [0, 0.05) is 12.5 Å². The smallest absolute Gasteiger partial charge is 0.123 e. The number of rotatable bonds is 7. The van der Waals surface area contributed by atoms with Crippen LogP contribution in [-0.2, 0) is 0 Å². The molecule has 1 N–H and O–H groups in total. The Morgan fingerprint density at radius 3 is 2.68 bits per heavy atom. The van der Waals surface area contributed by atoms with Crippen LogP contribution >= 0.6 is 0 Å². The van der Waals surface area contributed by atoms with Gasteiger partial charge in [0.1, 0.15) is 17.0 Å². The molecule has 0 saturated heterocycles. The van der Waals surface area contributed by atoms with Crippen molar-refractivity contribution in [1.82, 2.24) is 5.32 Å². The van der Waals surface area contributed by atoms with Crippen molar-refractivity contribution >= 4 is 0 Å². The van der Waals surface area contributed by atoms with Gasteiger partial charge in [0.25, 0.3) is 0 Å². The van der Waals surface area contributed by atoms with Crippen molar-refractivity contribution in [3.63, 3.8) is 0 Å². The summed E-state index contributed by atoms with van der Waals surface area (Å²) in [6, 6.07) is 9.81. The Hall–Kier alpha value is -1.73. The zero-order chi connectivity index (χ0) is 14.3. The van der Waals surface area contributed by atoms with Crippen LogP contribution < -0.4 is 14.8 Å². The SMILES string of the molecule is CCOc1cccc(OC(C)CC(C)(C#N)NC)c1. The lowest BCUT2D eigenvalue weighted by atomic mass is 9.97. The van der Waals surface area contributed by atoms with Crippen LogP contribution in [0.1, 0.15) is 27.2 Å². The molecule has 0 saturated carbocycles. The first-order chi connectivity index (χ1) is 9.03. The number of nitrogens with zero attached hydrogens (tertiary/aromatic N) is 1. The topological polar surface area (TPSA) is 54.3 Å². The van der Waals surface area contributed by atoms with E-state index in [2.05, 4.69) is 11.4 Å². The van der Waals surface area contributed by atoms with Gasteiger partial charge in [-0.2, -0.15) is 5.26 Å². The summed E-state index contributed by atoms with van der Waals surface area (Å²) < 4.78 is 11.3. The Morgan fingerprint density at radius 1 is 1.42 bits per heavy atom. The summed E-state index contributed by atoms with van der Waals surface area (Å²) in [4.78, 5) is 0. The maximum Gasteiger partial charge on any atom is 0.123 e. The number of nitriles is 1. The van der Waals surface area contributed by atoms with Gasteiger partial charge < -0.3 is 14.8 Å². The average molecular weight is 262 g/mol. The molecule has 0 aliphatic rings. The lowest BCUT2D eigenvalue weighted by molar-refractivity contribution is 0.182. The van der Waals surface area contributed by atoms with Crippen LogP contribution in [-0.4, -0.2) is 25.3 Å². The molecular formula is C15H22N2O2. The van der Waals surface area contributed by atoms with Crippen molar-refractivity contribution in [1.29, 1.82) is 5.26 Å². The maximum absolute atomic E-state index is 9.13. The van der Waals surface area contributed by atoms with E-state index in [0.29, 0.717) is 13.0 Å². The molecule has 19 heavy (non-hydrogen) atoms. The minimum Gasteiger partial charge on any atom is -0.494 e. The summed E-state index contributed by atoms with van der Waals surface area (Å²) in [6.07, 6.45) is 0.549. The van der Waals surface area contributed by atoms with Crippen molar-refractivity contribution in [3.05, 3.63) is 24.3 Å². The highest BCUT2D eigenvalue weighted by atomic mass is 16.5. The van der Waals surface area contributed by atoms with Crippen molar-refractivity contribution in [2.24, 2.45) is 0 Å². The molecule has 1 rings (SSSR count). The van der Waals surface area contributed by atoms with Crippen LogP contribution in [0.2, 0.25) is 0 Å². The number of benzene rings is 1. The Kier molecular flexibility index (Phi) is 5.65. The predicted molar refractivity (Wildman–Crippen MR) is 75.4 cm³/mol. The van der Waals surface area contributed by atoms with Crippen LogP contribution in [0.15, 0.2) is 24.3 Å². The Labute approximate surface area is 115 Å². The van der Waals surface area contributed by atoms with Crippen LogP contribution in [0, 0.1) is 11.3 Å². The molecule has 104 valence electrons. The third-order valence-corrected chi connectivity index (χ3v) is 2.95. The maximum atomic E-state index is 9.13. The molecule has 0 amide bonds. The normalized spacial score (nSPS) is 15.1. The first kappa shape index (κ1) is 15.3. The van der Waals surface area contributed by atoms with Gasteiger partial charge in [-0.3, -0.25) is 0 Å². The van der Waals surface area contributed by atoms with E-state index in [-0.39, 0.29) is 6.10 Å². The lowest BCUT2D eigenvalue weighted by Gasteiger charge is -2.25. The monoisotopic (exact) mass is 262 g/mol. The average Bonchev–Trinajstić information content (AvgIpc) is 2.39. The highest BCUT2D eigenvalue weighted by Crippen LogP contribution is 2.22. The molecule has 2 atom stereocenters. The van der Waals surface area contributed by atoms with Gasteiger partial charge in [0.05, 0.1) is 18.8 Å². The van der Waals surface area contributed by atoms with E-state index < -0.39 is 5.54 Å². The summed E-state index contributed by atoms with van der Waals surface area (Å²) in [6.45, 7) is 6.40. The van der Waals surface area contributed by atoms with E-state index in [1.807, 2.05) is 45.0 Å². The molecule has 0 radical (unpaired) electrons. The number of nitrogens with one attached hydrogen (secondary N) is 1. The highest BCUT2D eigenvalue weighted by molar-refractivity contribution is 5.33. The largest absolute Gasteiger partial charge is 0.494 e. The second-order valence-corrected chi connectivity index (χ2v) is 4.73. The Balaban J connectivity index is 2.64. The minimum atomic E-state index is -0.572. The van der Waals surface area contributed by atoms with Gasteiger partial charge in [-0.05, 0) is 40.0 Å². The standard InChI is InChI=1S/C15H22N2O2/c1-5-18-13-7-6-8-14(9-13)19-12(2)10-15(3,11-16)17-4/h6-9,12,17H,5,10H2,1-4H3. The number of hydrogen-bond donors (Lipinski definition) is 1. The molecule has 0 bridgehead atoms. The van der Waals surface area contributed by atoms with E-state index in [9.17, 15) is 0 Å². The van der Waals surface area contributed by atoms with Gasteiger partial charge >= 0.3 is 0 Å². The zero-order valence-corrected chi connectivity index (χ0v) is 12.1. The molecule has 4 heteroatoms. The summed E-state index contributed by atoms with van der Waals surface area (Å²) in [7, 11) is 1.78. The third-order valence-electron chi connectivity index (χ3n) is 2.95. The number of hydrogen-bond acceptors (Lipinski definition) is 4. The Bertz CT molecular complexity index is 442. The fourth-order valence-corrected chi connectivity index (χ4v) is 1.86. The fourth-order valence-electron chi connectivity index (χ4n) is 1.86. The quantitative estimate of drug-likeness (QED) is 0.821. The summed E-state index contributed by atoms with van der Waals surface area (Å²) in [5.41, 5.74) is -0.572. The molecule has 0 spiro atoms. The fraction of sp³-hybridized carbons (Fsp3) is 0.533. The molecule has 0 heterocycles. The second kappa shape index (κ2) is 7.01. The van der Waals surface area contributed by atoms with Crippen molar-refractivity contribution in [2.45, 2.75) is 38.8 Å². The van der Waals surface area contributed by atoms with Crippen LogP contribution in [0.25, 0.3) is 0 Å². The van der Waals surface area contributed by atoms with Gasteiger partial charge in [-0.25, -0.2) is 0 Å². The summed E-state index contributed by atoms with van der Waals surface area (Å²) in [5.74, 6) is 1.55. The molecule has 0 aliphatic heterocycles. The molecular weight excluding hydrogens is 240 g/mol. The van der Waals surface area contributed by atoms with Gasteiger partial charge in [0.15, 0.2) is 0 Å². The minimum absolute atomic E-state index is 0.0611. The van der Waals surface area contributed by atoms with Crippen LogP contribution in [0.3, 0.4) is 0 Å². The number of ether oxygens (including phenoxy) is 2. The summed E-state index contributed by atoms with van der Waals surface area (Å²) in [5, 5.41) is 12.1. The van der Waals surface area contributed by atoms with Crippen LogP contribution in [0.5, 0.6) is 11.5 Å². The molecule has 1 aromatic rings. The first-order valence-corrected chi connectivity index (χ1v) is 6.52. The van der Waals surface area contributed by atoms with E-state index in [1.54, 1.807) is 7.05 Å². The molecule has 0 fully saturated rings. The lowest BCUT2D eigenvalue weighted by Crippen LogP contribution is -2.41. The van der Waals surface area contributed by atoms with Crippen LogP contribution in [0.4, 0.5) is 0 Å². The van der Waals surface area contributed by atoms with Crippen molar-refractivity contribution in [2.75, 3.05) is 13.7 Å². The molecule has 0 aliphatic carbocycles. The Morgan fingerprint density at radius 2 is 2.11 bits per heavy atom. The molecule has 0 aromatic heterocycles. The predicted octanol–water partition coefficient (Wildman–Crippen LogP) is 2.74. The zero-order valence-electron chi connectivity index (χ0n) is 12.1. The highest BCUT2D eigenvalue weighted by Gasteiger charge is 2.25. The molecule has 4 nitrogen and oxygen atoms in total. The summed E-state index contributed by atoms with van der Waals surface area (Å²) >= 11 is 0. The van der Waals surface area contributed by atoms with Gasteiger partial charge in [-0.15, -0.1) is 0 Å². The van der Waals surface area contributed by atoms with Gasteiger partial charge in [0.2, 0.25) is 0 Å². The third kappa shape index (κ3) is 4.80. The van der Waals surface area contributed by atoms with E-state index in [1.165, 1.54) is 0 Å². The van der Waals surface area contributed by atoms with Crippen molar-refractivity contribution in [3.8, 4) is 17.6 Å². The van der Waals surface area contributed by atoms with E-state index in [0.717, 1.165) is 11.5 Å². The molecule has 1 aromatic carbocycles.